The summed E-state index contributed by atoms with van der Waals surface area (Å²) in [6.45, 7) is 0. The van der Waals surface area contributed by atoms with Crippen molar-refractivity contribution in [1.29, 1.82) is 5.26 Å². The first-order valence-electron chi connectivity index (χ1n) is 10.6. The van der Waals surface area contributed by atoms with Gasteiger partial charge in [-0.25, -0.2) is 0 Å². The highest BCUT2D eigenvalue weighted by Crippen LogP contribution is 2.38. The average Bonchev–Trinajstić information content (AvgIpc) is 2.92. The van der Waals surface area contributed by atoms with Crippen LogP contribution in [0.15, 0.2) is 60.2 Å². The molecule has 0 fully saturated rings. The molecule has 3 aromatic carbocycles. The first-order valence-corrected chi connectivity index (χ1v) is 10.6. The number of nitro benzene ring substituents is 3. The fourth-order valence-corrected chi connectivity index (χ4v) is 3.24. The van der Waals surface area contributed by atoms with Crippen LogP contribution in [-0.4, -0.2) is 34.9 Å². The molecular formula is C24H17N5O10. The summed E-state index contributed by atoms with van der Waals surface area (Å²) in [4.78, 5) is 43.9. The molecular weight excluding hydrogens is 518 g/mol. The topological polar surface area (TPSA) is 210 Å². The summed E-state index contributed by atoms with van der Waals surface area (Å²) in [6, 6.07) is 12.3. The number of ether oxygens (including phenoxy) is 3. The molecule has 0 aliphatic heterocycles. The fourth-order valence-electron chi connectivity index (χ4n) is 3.24. The molecule has 0 atom stereocenters. The quantitative estimate of drug-likeness (QED) is 0.162. The Labute approximate surface area is 218 Å². The summed E-state index contributed by atoms with van der Waals surface area (Å²) in [5.74, 6) is -0.952. The molecule has 0 aliphatic rings. The number of nitrogens with one attached hydrogen (secondary N) is 1. The molecule has 39 heavy (non-hydrogen) atoms. The van der Waals surface area contributed by atoms with Gasteiger partial charge in [-0.15, -0.1) is 0 Å². The van der Waals surface area contributed by atoms with Crippen LogP contribution in [0.4, 0.5) is 22.7 Å². The van der Waals surface area contributed by atoms with Crippen LogP contribution in [-0.2, 0) is 4.79 Å². The number of anilines is 1. The Balaban J connectivity index is 1.91. The zero-order valence-corrected chi connectivity index (χ0v) is 20.1. The van der Waals surface area contributed by atoms with Crippen molar-refractivity contribution in [2.24, 2.45) is 0 Å². The van der Waals surface area contributed by atoms with Gasteiger partial charge in [0.15, 0.2) is 11.5 Å². The molecule has 0 heterocycles. The maximum Gasteiger partial charge on any atom is 0.318 e. The lowest BCUT2D eigenvalue weighted by atomic mass is 10.1. The Morgan fingerprint density at radius 2 is 1.41 bits per heavy atom. The smallest absolute Gasteiger partial charge is 0.318 e. The molecule has 3 rings (SSSR count). The molecule has 1 amide bonds. The van der Waals surface area contributed by atoms with Crippen LogP contribution in [0.25, 0.3) is 6.08 Å². The molecule has 198 valence electrons. The van der Waals surface area contributed by atoms with Gasteiger partial charge in [0.1, 0.15) is 17.4 Å². The number of hydrogen-bond donors (Lipinski definition) is 1. The summed E-state index contributed by atoms with van der Waals surface area (Å²) in [5.41, 5.74) is -1.53. The second-order valence-electron chi connectivity index (χ2n) is 7.44. The van der Waals surface area contributed by atoms with E-state index in [2.05, 4.69) is 5.32 Å². The van der Waals surface area contributed by atoms with E-state index in [0.717, 1.165) is 24.3 Å². The van der Waals surface area contributed by atoms with Gasteiger partial charge in [0, 0.05) is 18.2 Å². The molecule has 0 aliphatic carbocycles. The second-order valence-corrected chi connectivity index (χ2v) is 7.44. The third-order valence-corrected chi connectivity index (χ3v) is 5.08. The normalized spacial score (nSPS) is 10.6. The monoisotopic (exact) mass is 535 g/mol. The highest BCUT2D eigenvalue weighted by Gasteiger charge is 2.22. The van der Waals surface area contributed by atoms with E-state index in [9.17, 15) is 40.4 Å². The third kappa shape index (κ3) is 6.40. The van der Waals surface area contributed by atoms with E-state index in [1.807, 2.05) is 0 Å². The third-order valence-electron chi connectivity index (χ3n) is 5.08. The Morgan fingerprint density at radius 1 is 0.821 bits per heavy atom. The molecule has 0 aromatic heterocycles. The largest absolute Gasteiger partial charge is 0.495 e. The van der Waals surface area contributed by atoms with Crippen molar-refractivity contribution < 1.29 is 33.8 Å². The van der Waals surface area contributed by atoms with Crippen molar-refractivity contribution in [1.82, 2.24) is 0 Å². The first-order chi connectivity index (χ1) is 18.6. The number of benzene rings is 3. The minimum absolute atomic E-state index is 0.0101. The van der Waals surface area contributed by atoms with Gasteiger partial charge in [-0.3, -0.25) is 35.1 Å². The van der Waals surface area contributed by atoms with Crippen LogP contribution in [0.5, 0.6) is 23.0 Å². The maximum atomic E-state index is 12.7. The van der Waals surface area contributed by atoms with Crippen molar-refractivity contribution in [3.8, 4) is 29.1 Å². The standard InChI is InChI=1S/C24H17N5O10/c1-37-20-7-4-16(27(31)32)11-18(20)26-24(30)15(13-25)9-14-3-6-22(23(10-14)38-2)39-21-8-5-17(28(33)34)12-19(21)29(35)36/h3-12H,1-2H3,(H,26,30)/b15-9+. The van der Waals surface area contributed by atoms with Crippen molar-refractivity contribution in [3.63, 3.8) is 0 Å². The van der Waals surface area contributed by atoms with E-state index in [-0.39, 0.29) is 39.9 Å². The second kappa shape index (κ2) is 11.8. The number of nitriles is 1. The number of carbonyl (C=O) groups is 1. The summed E-state index contributed by atoms with van der Waals surface area (Å²) in [6.07, 6.45) is 1.21. The number of methoxy groups -OCH3 is 2. The molecule has 15 heteroatoms. The van der Waals surface area contributed by atoms with Crippen molar-refractivity contribution in [2.75, 3.05) is 19.5 Å². The summed E-state index contributed by atoms with van der Waals surface area (Å²) >= 11 is 0. The Bertz CT molecular complexity index is 1560. The van der Waals surface area contributed by atoms with Crippen LogP contribution in [0.2, 0.25) is 0 Å². The minimum atomic E-state index is -0.878. The average molecular weight is 535 g/mol. The molecule has 1 N–H and O–H groups in total. The van der Waals surface area contributed by atoms with E-state index in [1.54, 1.807) is 6.07 Å². The van der Waals surface area contributed by atoms with Gasteiger partial charge in [-0.2, -0.15) is 5.26 Å². The van der Waals surface area contributed by atoms with Gasteiger partial charge in [0.25, 0.3) is 17.3 Å². The van der Waals surface area contributed by atoms with E-state index >= 15 is 0 Å². The summed E-state index contributed by atoms with van der Waals surface area (Å²) in [5, 5.41) is 45.4. The number of hydrogen-bond acceptors (Lipinski definition) is 11. The number of nitro groups is 3. The van der Waals surface area contributed by atoms with Crippen LogP contribution in [0.1, 0.15) is 5.56 Å². The van der Waals surface area contributed by atoms with Crippen LogP contribution < -0.4 is 19.5 Å². The van der Waals surface area contributed by atoms with Crippen molar-refractivity contribution >= 4 is 34.7 Å². The lowest BCUT2D eigenvalue weighted by Crippen LogP contribution is -2.14. The predicted molar refractivity (Wildman–Crippen MR) is 135 cm³/mol. The van der Waals surface area contributed by atoms with E-state index < -0.39 is 32.1 Å². The molecule has 0 bridgehead atoms. The summed E-state index contributed by atoms with van der Waals surface area (Å²) in [7, 11) is 2.59. The molecule has 15 nitrogen and oxygen atoms in total. The van der Waals surface area contributed by atoms with Gasteiger partial charge >= 0.3 is 5.69 Å². The zero-order valence-electron chi connectivity index (χ0n) is 20.1. The maximum absolute atomic E-state index is 12.7. The Morgan fingerprint density at radius 3 is 1.97 bits per heavy atom. The molecule has 0 spiro atoms. The number of amides is 1. The van der Waals surface area contributed by atoms with E-state index in [1.165, 1.54) is 50.6 Å². The molecule has 0 saturated heterocycles. The number of rotatable bonds is 10. The predicted octanol–water partition coefficient (Wildman–Crippen LogP) is 4.77. The van der Waals surface area contributed by atoms with Crippen molar-refractivity contribution in [3.05, 3.63) is 96.1 Å². The van der Waals surface area contributed by atoms with Gasteiger partial charge < -0.3 is 19.5 Å². The number of non-ortho nitro benzene ring substituents is 2. The lowest BCUT2D eigenvalue weighted by Gasteiger charge is -2.12. The number of nitrogens with zero attached hydrogens (tertiary/aromatic N) is 4. The van der Waals surface area contributed by atoms with Crippen LogP contribution >= 0.6 is 0 Å². The van der Waals surface area contributed by atoms with Gasteiger partial charge in [0.2, 0.25) is 5.75 Å². The highest BCUT2D eigenvalue weighted by molar-refractivity contribution is 6.10. The van der Waals surface area contributed by atoms with Gasteiger partial charge in [-0.1, -0.05) is 6.07 Å². The SMILES string of the molecule is COc1ccc([N+](=O)[O-])cc1NC(=O)/C(C#N)=C/c1ccc(Oc2ccc([N+](=O)[O-])cc2[N+](=O)[O-])c(OC)c1. The van der Waals surface area contributed by atoms with E-state index in [0.29, 0.717) is 5.56 Å². The molecule has 0 radical (unpaired) electrons. The van der Waals surface area contributed by atoms with Crippen LogP contribution in [0, 0.1) is 41.7 Å². The van der Waals surface area contributed by atoms with Crippen molar-refractivity contribution in [2.45, 2.75) is 0 Å². The summed E-state index contributed by atoms with van der Waals surface area (Å²) < 4.78 is 15.9. The Hall–Kier alpha value is -6.04. The highest BCUT2D eigenvalue weighted by atomic mass is 16.6. The molecule has 0 unspecified atom stereocenters. The zero-order chi connectivity index (χ0) is 28.7. The molecule has 0 saturated carbocycles. The van der Waals surface area contributed by atoms with Gasteiger partial charge in [-0.05, 0) is 35.9 Å². The fraction of sp³-hybridized carbons (Fsp3) is 0.0833. The first kappa shape index (κ1) is 27.5. The van der Waals surface area contributed by atoms with Gasteiger partial charge in [0.05, 0.1) is 40.7 Å². The Kier molecular flexibility index (Phi) is 8.33. The van der Waals surface area contributed by atoms with Crippen LogP contribution in [0.3, 0.4) is 0 Å². The molecule has 3 aromatic rings. The lowest BCUT2D eigenvalue weighted by molar-refractivity contribution is -0.394. The minimum Gasteiger partial charge on any atom is -0.495 e. The number of carbonyl (C=O) groups excluding carboxylic acids is 1. The van der Waals surface area contributed by atoms with E-state index in [4.69, 9.17) is 14.2 Å².